The molecule has 0 amide bonds. The van der Waals surface area contributed by atoms with E-state index < -0.39 is 17.6 Å². The number of benzene rings is 1. The molecule has 0 saturated heterocycles. The highest BCUT2D eigenvalue weighted by Gasteiger charge is 2.20. The van der Waals surface area contributed by atoms with E-state index in [-0.39, 0.29) is 11.3 Å². The van der Waals surface area contributed by atoms with Crippen LogP contribution in [0.4, 0.5) is 4.39 Å². The van der Waals surface area contributed by atoms with Crippen molar-refractivity contribution in [3.63, 3.8) is 0 Å². The van der Waals surface area contributed by atoms with Crippen LogP contribution in [-0.2, 0) is 4.79 Å². The second-order valence-electron chi connectivity index (χ2n) is 6.18. The van der Waals surface area contributed by atoms with E-state index in [0.717, 1.165) is 10.1 Å². The van der Waals surface area contributed by atoms with Gasteiger partial charge >= 0.3 is 5.97 Å². The lowest BCUT2D eigenvalue weighted by Crippen LogP contribution is -2.28. The highest BCUT2D eigenvalue weighted by Crippen LogP contribution is 2.28. The summed E-state index contributed by atoms with van der Waals surface area (Å²) in [6, 6.07) is 6.49. The summed E-state index contributed by atoms with van der Waals surface area (Å²) in [5.41, 5.74) is 2.36. The number of fused-ring (bicyclic) bond motifs is 3. The Hall–Kier alpha value is -3.62. The lowest BCUT2D eigenvalue weighted by molar-refractivity contribution is -0.140. The molecule has 0 aliphatic rings. The van der Waals surface area contributed by atoms with Gasteiger partial charge in [0, 0.05) is 6.20 Å². The minimum atomic E-state index is -1.13. The zero-order valence-corrected chi connectivity index (χ0v) is 14.4. The van der Waals surface area contributed by atoms with Crippen molar-refractivity contribution in [2.45, 2.75) is 19.9 Å². The van der Waals surface area contributed by atoms with Crippen molar-refractivity contribution in [3.05, 3.63) is 58.4 Å². The van der Waals surface area contributed by atoms with Gasteiger partial charge < -0.3 is 5.11 Å². The first-order valence-electron chi connectivity index (χ1n) is 8.14. The third-order valence-corrected chi connectivity index (χ3v) is 4.49. The highest BCUT2D eigenvalue weighted by atomic mass is 19.1. The maximum Gasteiger partial charge on any atom is 0.326 e. The molecule has 3 aromatic heterocycles. The van der Waals surface area contributed by atoms with Gasteiger partial charge in [-0.05, 0) is 37.6 Å². The summed E-state index contributed by atoms with van der Waals surface area (Å²) in [7, 11) is 0. The number of aliphatic carboxylic acids is 1. The number of rotatable bonds is 3. The normalized spacial score (nSPS) is 12.6. The van der Waals surface area contributed by atoms with E-state index in [1.54, 1.807) is 25.1 Å². The average Bonchev–Trinajstić information content (AvgIpc) is 2.98. The molecule has 8 nitrogen and oxygen atoms in total. The van der Waals surface area contributed by atoms with Gasteiger partial charge in [0.25, 0.3) is 5.56 Å². The number of carboxylic acids is 1. The zero-order chi connectivity index (χ0) is 19.3. The van der Waals surface area contributed by atoms with E-state index in [0.29, 0.717) is 22.4 Å². The van der Waals surface area contributed by atoms with Crippen LogP contribution in [0.15, 0.2) is 41.3 Å². The predicted octanol–water partition coefficient (Wildman–Crippen LogP) is 2.20. The summed E-state index contributed by atoms with van der Waals surface area (Å²) in [5, 5.41) is 21.7. The number of aryl methyl sites for hydroxylation is 1. The molecule has 3 heterocycles. The van der Waals surface area contributed by atoms with Crippen molar-refractivity contribution in [2.24, 2.45) is 0 Å². The summed E-state index contributed by atoms with van der Waals surface area (Å²) in [6.45, 7) is 3.19. The molecular weight excluding hydrogens is 353 g/mol. The molecule has 0 aliphatic heterocycles. The fourth-order valence-electron chi connectivity index (χ4n) is 3.05. The van der Waals surface area contributed by atoms with Gasteiger partial charge in [-0.3, -0.25) is 9.36 Å². The molecule has 136 valence electrons. The first kappa shape index (κ1) is 16.8. The standard InChI is InChI=1S/C18H14FN5O3/c1-9-14(11-3-5-12(19)6-4-11)16-21-20-15-13(24(16)22-9)7-8-23(17(15)25)10(2)18(26)27/h3-8,10H,1-2H3,(H,26,27)/t10-/m0/s1. The summed E-state index contributed by atoms with van der Waals surface area (Å²) in [5.74, 6) is -1.48. The molecule has 4 rings (SSSR count). The van der Waals surface area contributed by atoms with E-state index in [2.05, 4.69) is 15.3 Å². The van der Waals surface area contributed by atoms with Gasteiger partial charge in [-0.1, -0.05) is 12.1 Å². The van der Waals surface area contributed by atoms with Crippen LogP contribution >= 0.6 is 0 Å². The Bertz CT molecular complexity index is 1260. The number of hydrogen-bond donors (Lipinski definition) is 1. The molecule has 1 N–H and O–H groups in total. The number of carboxylic acid groups (broad SMARTS) is 1. The SMILES string of the molecule is Cc1nn2c(nnc3c(=O)n([C@@H](C)C(=O)O)ccc32)c1-c1ccc(F)cc1. The smallest absolute Gasteiger partial charge is 0.326 e. The molecule has 0 saturated carbocycles. The van der Waals surface area contributed by atoms with Gasteiger partial charge in [0.05, 0.1) is 11.3 Å². The second kappa shape index (κ2) is 5.97. The van der Waals surface area contributed by atoms with E-state index in [4.69, 9.17) is 5.11 Å². The van der Waals surface area contributed by atoms with Crippen LogP contribution < -0.4 is 5.56 Å². The van der Waals surface area contributed by atoms with Gasteiger partial charge in [-0.2, -0.15) is 5.10 Å². The number of hydrogen-bond acceptors (Lipinski definition) is 5. The fraction of sp³-hybridized carbons (Fsp3) is 0.167. The fourth-order valence-corrected chi connectivity index (χ4v) is 3.05. The van der Waals surface area contributed by atoms with Crippen LogP contribution in [0.2, 0.25) is 0 Å². The first-order chi connectivity index (χ1) is 12.9. The number of nitrogens with zero attached hydrogens (tertiary/aromatic N) is 5. The Balaban J connectivity index is 1.99. The third kappa shape index (κ3) is 2.55. The number of aromatic nitrogens is 5. The second-order valence-corrected chi connectivity index (χ2v) is 6.18. The Kier molecular flexibility index (Phi) is 3.72. The molecule has 1 aromatic carbocycles. The molecule has 1 atom stereocenters. The Morgan fingerprint density at radius 2 is 1.89 bits per heavy atom. The molecule has 0 radical (unpaired) electrons. The van der Waals surface area contributed by atoms with Gasteiger partial charge in [0.1, 0.15) is 17.4 Å². The van der Waals surface area contributed by atoms with Gasteiger partial charge in [-0.15, -0.1) is 10.2 Å². The summed E-state index contributed by atoms with van der Waals surface area (Å²) >= 11 is 0. The van der Waals surface area contributed by atoms with Gasteiger partial charge in [0.2, 0.25) is 0 Å². The van der Waals surface area contributed by atoms with E-state index in [1.807, 2.05) is 0 Å². The highest BCUT2D eigenvalue weighted by molar-refractivity contribution is 5.84. The first-order valence-corrected chi connectivity index (χ1v) is 8.14. The Labute approximate surface area is 151 Å². The molecule has 4 aromatic rings. The largest absolute Gasteiger partial charge is 0.480 e. The van der Waals surface area contributed by atoms with E-state index >= 15 is 0 Å². The molecule has 0 spiro atoms. The zero-order valence-electron chi connectivity index (χ0n) is 14.4. The van der Waals surface area contributed by atoms with Crippen LogP contribution in [0.1, 0.15) is 18.7 Å². The minimum absolute atomic E-state index is 0.0197. The molecule has 27 heavy (non-hydrogen) atoms. The van der Waals surface area contributed by atoms with Gasteiger partial charge in [0.15, 0.2) is 11.2 Å². The van der Waals surface area contributed by atoms with Crippen molar-refractivity contribution in [2.75, 3.05) is 0 Å². The molecule has 0 aliphatic carbocycles. The van der Waals surface area contributed by atoms with Crippen molar-refractivity contribution < 1.29 is 14.3 Å². The number of pyridine rings is 1. The lowest BCUT2D eigenvalue weighted by Gasteiger charge is -2.11. The Morgan fingerprint density at radius 3 is 2.56 bits per heavy atom. The summed E-state index contributed by atoms with van der Waals surface area (Å²) < 4.78 is 15.8. The molecule has 0 unspecified atom stereocenters. The third-order valence-electron chi connectivity index (χ3n) is 4.49. The minimum Gasteiger partial charge on any atom is -0.480 e. The van der Waals surface area contributed by atoms with Crippen LogP contribution in [0, 0.1) is 12.7 Å². The Morgan fingerprint density at radius 1 is 1.19 bits per heavy atom. The number of carbonyl (C=O) groups is 1. The van der Waals surface area contributed by atoms with E-state index in [9.17, 15) is 14.0 Å². The lowest BCUT2D eigenvalue weighted by atomic mass is 10.1. The van der Waals surface area contributed by atoms with Crippen molar-refractivity contribution >= 4 is 22.6 Å². The van der Waals surface area contributed by atoms with Gasteiger partial charge in [-0.25, -0.2) is 13.7 Å². The maximum absolute atomic E-state index is 13.2. The van der Waals surface area contributed by atoms with Crippen molar-refractivity contribution in [3.8, 4) is 11.1 Å². The molecular formula is C18H14FN5O3. The molecule has 0 bridgehead atoms. The van der Waals surface area contributed by atoms with Crippen LogP contribution in [0.25, 0.3) is 27.8 Å². The van der Waals surface area contributed by atoms with Crippen molar-refractivity contribution in [1.29, 1.82) is 0 Å². The van der Waals surface area contributed by atoms with E-state index in [1.165, 1.54) is 29.8 Å². The van der Waals surface area contributed by atoms with Crippen LogP contribution in [-0.4, -0.2) is 35.5 Å². The topological polar surface area (TPSA) is 102 Å². The molecule has 0 fully saturated rings. The summed E-state index contributed by atoms with van der Waals surface area (Å²) in [6.07, 6.45) is 1.40. The predicted molar refractivity (Wildman–Crippen MR) is 95.0 cm³/mol. The number of halogens is 1. The van der Waals surface area contributed by atoms with Crippen LogP contribution in [0.3, 0.4) is 0 Å². The quantitative estimate of drug-likeness (QED) is 0.595. The molecule has 9 heteroatoms. The van der Waals surface area contributed by atoms with Crippen LogP contribution in [0.5, 0.6) is 0 Å². The average molecular weight is 367 g/mol. The van der Waals surface area contributed by atoms with Crippen molar-refractivity contribution in [1.82, 2.24) is 24.4 Å². The summed E-state index contributed by atoms with van der Waals surface area (Å²) in [4.78, 5) is 23.8. The monoisotopic (exact) mass is 367 g/mol. The maximum atomic E-state index is 13.2.